The number of aromatic nitrogens is 2. The molecule has 1 unspecified atom stereocenters. The van der Waals surface area contributed by atoms with Crippen LogP contribution in [0.3, 0.4) is 0 Å². The zero-order valence-electron chi connectivity index (χ0n) is 12.0. The standard InChI is InChI=1S/C15H18BrN3OS/c1-10(2)13-14(21-19-18-13)15(20)17-12(9-16)8-11-6-4-3-5-7-11/h3-7,10,12H,8-9H2,1-2H3,(H,17,20). The van der Waals surface area contributed by atoms with Crippen molar-refractivity contribution >= 4 is 33.4 Å². The van der Waals surface area contributed by atoms with Crippen LogP contribution in [0.2, 0.25) is 0 Å². The fourth-order valence-electron chi connectivity index (χ4n) is 2.03. The molecule has 0 spiro atoms. The van der Waals surface area contributed by atoms with E-state index in [4.69, 9.17) is 0 Å². The number of rotatable bonds is 6. The highest BCUT2D eigenvalue weighted by Crippen LogP contribution is 2.19. The second-order valence-corrected chi connectivity index (χ2v) is 6.56. The van der Waals surface area contributed by atoms with Gasteiger partial charge in [-0.3, -0.25) is 4.79 Å². The Bertz CT molecular complexity index is 586. The molecule has 0 aliphatic rings. The molecule has 1 N–H and O–H groups in total. The van der Waals surface area contributed by atoms with E-state index in [0.717, 1.165) is 23.6 Å². The lowest BCUT2D eigenvalue weighted by atomic mass is 10.1. The van der Waals surface area contributed by atoms with E-state index in [9.17, 15) is 4.79 Å². The Kier molecular flexibility index (Phi) is 5.87. The van der Waals surface area contributed by atoms with Crippen molar-refractivity contribution in [3.63, 3.8) is 0 Å². The maximum atomic E-state index is 12.4. The Morgan fingerprint density at radius 2 is 2.05 bits per heavy atom. The van der Waals surface area contributed by atoms with Crippen molar-refractivity contribution in [1.29, 1.82) is 0 Å². The smallest absolute Gasteiger partial charge is 0.265 e. The summed E-state index contributed by atoms with van der Waals surface area (Å²) < 4.78 is 3.90. The lowest BCUT2D eigenvalue weighted by Gasteiger charge is -2.16. The van der Waals surface area contributed by atoms with Gasteiger partial charge in [0.2, 0.25) is 0 Å². The summed E-state index contributed by atoms with van der Waals surface area (Å²) in [5, 5.41) is 7.81. The van der Waals surface area contributed by atoms with Gasteiger partial charge in [-0.25, -0.2) is 0 Å². The van der Waals surface area contributed by atoms with Crippen molar-refractivity contribution in [2.45, 2.75) is 32.2 Å². The molecule has 21 heavy (non-hydrogen) atoms. The SMILES string of the molecule is CC(C)c1nnsc1C(=O)NC(CBr)Cc1ccccc1. The lowest BCUT2D eigenvalue weighted by molar-refractivity contribution is 0.0943. The molecule has 0 bridgehead atoms. The minimum absolute atomic E-state index is 0.0435. The predicted octanol–water partition coefficient (Wildman–Crippen LogP) is 3.40. The molecule has 112 valence electrons. The van der Waals surface area contributed by atoms with Gasteiger partial charge in [0, 0.05) is 11.4 Å². The molecule has 1 heterocycles. The van der Waals surface area contributed by atoms with Gasteiger partial charge in [0.05, 0.1) is 5.69 Å². The first-order valence-electron chi connectivity index (χ1n) is 6.84. The third-order valence-corrected chi connectivity index (χ3v) is 4.63. The number of carbonyl (C=O) groups is 1. The van der Waals surface area contributed by atoms with Crippen molar-refractivity contribution in [2.75, 3.05) is 5.33 Å². The number of hydrogen-bond acceptors (Lipinski definition) is 4. The second-order valence-electron chi connectivity index (χ2n) is 5.16. The van der Waals surface area contributed by atoms with Crippen LogP contribution in [0.4, 0.5) is 0 Å². The van der Waals surface area contributed by atoms with E-state index in [0.29, 0.717) is 10.2 Å². The summed E-state index contributed by atoms with van der Waals surface area (Å²) in [7, 11) is 0. The van der Waals surface area contributed by atoms with Gasteiger partial charge in [0.25, 0.3) is 5.91 Å². The molecule has 2 aromatic rings. The fourth-order valence-corrected chi connectivity index (χ4v) is 3.14. The maximum absolute atomic E-state index is 12.4. The van der Waals surface area contributed by atoms with Gasteiger partial charge in [-0.2, -0.15) is 0 Å². The van der Waals surface area contributed by atoms with E-state index in [1.807, 2.05) is 32.0 Å². The van der Waals surface area contributed by atoms with E-state index >= 15 is 0 Å². The molecule has 0 aliphatic carbocycles. The highest BCUT2D eigenvalue weighted by Gasteiger charge is 2.21. The average Bonchev–Trinajstić information content (AvgIpc) is 2.97. The number of nitrogens with one attached hydrogen (secondary N) is 1. The van der Waals surface area contributed by atoms with Gasteiger partial charge in [-0.1, -0.05) is 64.6 Å². The van der Waals surface area contributed by atoms with Gasteiger partial charge >= 0.3 is 0 Å². The van der Waals surface area contributed by atoms with E-state index in [1.165, 1.54) is 5.56 Å². The summed E-state index contributed by atoms with van der Waals surface area (Å²) in [5.74, 6) is 0.107. The Morgan fingerprint density at radius 1 is 1.33 bits per heavy atom. The van der Waals surface area contributed by atoms with Crippen molar-refractivity contribution in [2.24, 2.45) is 0 Å². The molecule has 6 heteroatoms. The zero-order chi connectivity index (χ0) is 15.2. The number of amides is 1. The molecular formula is C15H18BrN3OS. The highest BCUT2D eigenvalue weighted by atomic mass is 79.9. The molecule has 0 saturated carbocycles. The number of carbonyl (C=O) groups excluding carboxylic acids is 1. The van der Waals surface area contributed by atoms with Crippen LogP contribution < -0.4 is 5.32 Å². The van der Waals surface area contributed by atoms with Gasteiger partial charge < -0.3 is 5.32 Å². The molecule has 0 radical (unpaired) electrons. The topological polar surface area (TPSA) is 54.9 Å². The van der Waals surface area contributed by atoms with E-state index in [-0.39, 0.29) is 17.9 Å². The summed E-state index contributed by atoms with van der Waals surface area (Å²) in [6.45, 7) is 4.03. The summed E-state index contributed by atoms with van der Waals surface area (Å²) in [4.78, 5) is 13.0. The minimum Gasteiger partial charge on any atom is -0.347 e. The summed E-state index contributed by atoms with van der Waals surface area (Å²) in [6, 6.07) is 10.2. The van der Waals surface area contributed by atoms with Crippen molar-refractivity contribution in [1.82, 2.24) is 14.9 Å². The Morgan fingerprint density at radius 3 is 2.67 bits per heavy atom. The molecule has 1 amide bonds. The van der Waals surface area contributed by atoms with Crippen LogP contribution >= 0.6 is 27.5 Å². The summed E-state index contributed by atoms with van der Waals surface area (Å²) >= 11 is 4.63. The van der Waals surface area contributed by atoms with Crippen LogP contribution in [0.15, 0.2) is 30.3 Å². The first kappa shape index (κ1) is 16.1. The van der Waals surface area contributed by atoms with Gasteiger partial charge in [0.1, 0.15) is 4.88 Å². The fraction of sp³-hybridized carbons (Fsp3) is 0.400. The van der Waals surface area contributed by atoms with Crippen LogP contribution in [0.1, 0.15) is 40.7 Å². The number of halogens is 1. The molecule has 1 aromatic carbocycles. The lowest BCUT2D eigenvalue weighted by Crippen LogP contribution is -2.37. The molecule has 0 aliphatic heterocycles. The van der Waals surface area contributed by atoms with E-state index < -0.39 is 0 Å². The molecule has 2 rings (SSSR count). The molecule has 0 saturated heterocycles. The van der Waals surface area contributed by atoms with Crippen molar-refractivity contribution in [3.8, 4) is 0 Å². The predicted molar refractivity (Wildman–Crippen MR) is 89.2 cm³/mol. The van der Waals surface area contributed by atoms with E-state index in [2.05, 4.69) is 43.0 Å². The van der Waals surface area contributed by atoms with Crippen LogP contribution in [-0.4, -0.2) is 26.9 Å². The van der Waals surface area contributed by atoms with Crippen LogP contribution in [0.25, 0.3) is 0 Å². The van der Waals surface area contributed by atoms with E-state index in [1.54, 1.807) is 0 Å². The third kappa shape index (κ3) is 4.35. The highest BCUT2D eigenvalue weighted by molar-refractivity contribution is 9.09. The first-order chi connectivity index (χ1) is 10.1. The minimum atomic E-state index is -0.0888. The Labute approximate surface area is 137 Å². The molecule has 0 fully saturated rings. The number of alkyl halides is 1. The second kappa shape index (κ2) is 7.66. The molecule has 1 aromatic heterocycles. The van der Waals surface area contributed by atoms with Crippen LogP contribution in [0, 0.1) is 0 Å². The zero-order valence-corrected chi connectivity index (χ0v) is 14.4. The van der Waals surface area contributed by atoms with Crippen LogP contribution in [0.5, 0.6) is 0 Å². The molecule has 1 atom stereocenters. The number of benzene rings is 1. The van der Waals surface area contributed by atoms with Crippen molar-refractivity contribution in [3.05, 3.63) is 46.5 Å². The Hall–Kier alpha value is -1.27. The van der Waals surface area contributed by atoms with Gasteiger partial charge in [0.15, 0.2) is 0 Å². The van der Waals surface area contributed by atoms with Gasteiger partial charge in [-0.15, -0.1) is 5.10 Å². The number of nitrogens with zero attached hydrogens (tertiary/aromatic N) is 2. The summed E-state index contributed by atoms with van der Waals surface area (Å²) in [5.41, 5.74) is 1.97. The summed E-state index contributed by atoms with van der Waals surface area (Å²) in [6.07, 6.45) is 0.793. The largest absolute Gasteiger partial charge is 0.347 e. The quantitative estimate of drug-likeness (QED) is 0.796. The first-order valence-corrected chi connectivity index (χ1v) is 8.74. The molecular weight excluding hydrogens is 350 g/mol. The maximum Gasteiger partial charge on any atom is 0.265 e. The third-order valence-electron chi connectivity index (χ3n) is 3.11. The Balaban J connectivity index is 2.04. The molecule has 4 nitrogen and oxygen atoms in total. The number of hydrogen-bond donors (Lipinski definition) is 1. The monoisotopic (exact) mass is 367 g/mol. The average molecular weight is 368 g/mol. The van der Waals surface area contributed by atoms with Crippen molar-refractivity contribution < 1.29 is 4.79 Å². The van der Waals surface area contributed by atoms with Gasteiger partial charge in [-0.05, 0) is 29.4 Å². The normalized spacial score (nSPS) is 12.4. The van der Waals surface area contributed by atoms with Crippen LogP contribution in [-0.2, 0) is 6.42 Å².